The third-order valence-corrected chi connectivity index (χ3v) is 1.48. The maximum absolute atomic E-state index is 10.1. The Morgan fingerprint density at radius 2 is 1.57 bits per heavy atom. The zero-order valence-corrected chi connectivity index (χ0v) is 10.3. The summed E-state index contributed by atoms with van der Waals surface area (Å²) in [5.74, 6) is -0.507. The molecule has 0 unspecified atom stereocenters. The summed E-state index contributed by atoms with van der Waals surface area (Å²) < 4.78 is 0.969. The molecule has 3 N–H and O–H groups in total. The lowest BCUT2D eigenvalue weighted by atomic mass is 9.97. The van der Waals surface area contributed by atoms with Crippen LogP contribution in [0, 0.1) is 10.8 Å². The van der Waals surface area contributed by atoms with Crippen LogP contribution in [-0.2, 0) is 0 Å². The molecule has 0 fully saturated rings. The van der Waals surface area contributed by atoms with Crippen molar-refractivity contribution in [3.8, 4) is 0 Å². The van der Waals surface area contributed by atoms with Gasteiger partial charge in [-0.2, -0.15) is 0 Å². The fraction of sp³-hybridized carbons (Fsp3) is 0.900. The minimum absolute atomic E-state index is 0.472. The van der Waals surface area contributed by atoms with Gasteiger partial charge >= 0.3 is 0 Å². The second-order valence-electron chi connectivity index (χ2n) is 5.38. The zero-order chi connectivity index (χ0) is 12.0. The van der Waals surface area contributed by atoms with Gasteiger partial charge in [-0.15, -0.1) is 0 Å². The molecule has 0 bridgehead atoms. The number of nitrogens with one attached hydrogen (secondary N) is 1. The van der Waals surface area contributed by atoms with Crippen LogP contribution in [-0.4, -0.2) is 44.6 Å². The van der Waals surface area contributed by atoms with E-state index in [2.05, 4.69) is 21.1 Å². The second-order valence-corrected chi connectivity index (χ2v) is 5.38. The van der Waals surface area contributed by atoms with E-state index in [4.69, 9.17) is 11.1 Å². The van der Waals surface area contributed by atoms with Gasteiger partial charge in [0.05, 0.1) is 27.7 Å². The second kappa shape index (κ2) is 5.98. The molecule has 0 radical (unpaired) electrons. The molecule has 0 aliphatic heterocycles. The molecule has 0 aromatic rings. The lowest BCUT2D eigenvalue weighted by molar-refractivity contribution is -0.868. The molecule has 0 saturated heterocycles. The van der Waals surface area contributed by atoms with Crippen LogP contribution in [0.15, 0.2) is 0 Å². The van der Waals surface area contributed by atoms with Crippen LogP contribution in [0.3, 0.4) is 0 Å². The van der Waals surface area contributed by atoms with Gasteiger partial charge in [0.25, 0.3) is 0 Å². The largest absolute Gasteiger partial charge is 0.862 e. The number of quaternary nitrogens is 1. The zero-order valence-electron chi connectivity index (χ0n) is 10.3. The summed E-state index contributed by atoms with van der Waals surface area (Å²) in [6.07, 6.45) is 0. The van der Waals surface area contributed by atoms with Gasteiger partial charge in [-0.05, 0) is 11.3 Å². The first-order valence-corrected chi connectivity index (χ1v) is 4.77. The maximum atomic E-state index is 10.1. The van der Waals surface area contributed by atoms with Crippen molar-refractivity contribution >= 4 is 5.90 Å². The first-order chi connectivity index (χ1) is 6.00. The van der Waals surface area contributed by atoms with Crippen LogP contribution in [0.2, 0.25) is 0 Å². The summed E-state index contributed by atoms with van der Waals surface area (Å²) in [5.41, 5.74) is 4.83. The first-order valence-electron chi connectivity index (χ1n) is 4.77. The van der Waals surface area contributed by atoms with Crippen LogP contribution < -0.4 is 10.8 Å². The Morgan fingerprint density at radius 1 is 1.29 bits per heavy atom. The Hall–Kier alpha value is -0.610. The molecule has 0 aromatic heterocycles. The number of nitrogens with zero attached hydrogens (tertiary/aromatic N) is 1. The minimum Gasteiger partial charge on any atom is -0.862 e. The summed E-state index contributed by atoms with van der Waals surface area (Å²) in [6.45, 7) is 7.01. The highest BCUT2D eigenvalue weighted by molar-refractivity contribution is 5.73. The van der Waals surface area contributed by atoms with E-state index in [0.717, 1.165) is 17.6 Å². The number of hydrogen-bond acceptors (Lipinski definition) is 3. The van der Waals surface area contributed by atoms with E-state index in [-0.39, 0.29) is 0 Å². The van der Waals surface area contributed by atoms with Crippen molar-refractivity contribution in [1.29, 1.82) is 5.41 Å². The van der Waals surface area contributed by atoms with Crippen molar-refractivity contribution in [2.45, 2.75) is 20.8 Å². The Labute approximate surface area is 87.8 Å². The van der Waals surface area contributed by atoms with Gasteiger partial charge in [-0.25, -0.2) is 0 Å². The molecule has 0 rings (SSSR count). The van der Waals surface area contributed by atoms with Crippen LogP contribution in [0.4, 0.5) is 0 Å². The highest BCUT2D eigenvalue weighted by atomic mass is 16.3. The van der Waals surface area contributed by atoms with Gasteiger partial charge in [-0.3, -0.25) is 0 Å². The monoisotopic (exact) mass is 203 g/mol. The molecule has 0 aromatic carbocycles. The quantitative estimate of drug-likeness (QED) is 0.377. The molecule has 4 nitrogen and oxygen atoms in total. The van der Waals surface area contributed by atoms with Gasteiger partial charge in [0, 0.05) is 6.54 Å². The van der Waals surface area contributed by atoms with Crippen molar-refractivity contribution < 1.29 is 9.59 Å². The Kier molecular flexibility index (Phi) is 6.77. The van der Waals surface area contributed by atoms with Crippen LogP contribution in [0.25, 0.3) is 0 Å². The molecule has 4 heteroatoms. The molecule has 0 atom stereocenters. The summed E-state index contributed by atoms with van der Waals surface area (Å²) in [5, 5.41) is 16.7. The van der Waals surface area contributed by atoms with E-state index in [1.54, 1.807) is 20.8 Å². The lowest BCUT2D eigenvalue weighted by Gasteiger charge is -2.23. The topological polar surface area (TPSA) is 72.9 Å². The minimum atomic E-state index is -0.507. The molecule has 0 heterocycles. The number of hydrogen-bond donors (Lipinski definition) is 2. The average molecular weight is 203 g/mol. The summed E-state index contributed by atoms with van der Waals surface area (Å²) >= 11 is 0. The van der Waals surface area contributed by atoms with E-state index in [1.165, 1.54) is 0 Å². The van der Waals surface area contributed by atoms with Crippen LogP contribution >= 0.6 is 0 Å². The van der Waals surface area contributed by atoms with Crippen molar-refractivity contribution in [1.82, 2.24) is 0 Å². The molecule has 0 aliphatic carbocycles. The first kappa shape index (κ1) is 15.8. The van der Waals surface area contributed by atoms with E-state index in [1.807, 2.05) is 0 Å². The average Bonchev–Trinajstić information content (AvgIpc) is 1.82. The predicted octanol–water partition coefficient (Wildman–Crippen LogP) is 0.0214. The van der Waals surface area contributed by atoms with Gasteiger partial charge in [0.15, 0.2) is 0 Å². The van der Waals surface area contributed by atoms with Gasteiger partial charge in [-0.1, -0.05) is 20.8 Å². The Balaban J connectivity index is 0. The standard InChI is InChI=1S/C5H15N2.C5H11NO/c1-7(2,3)5-4-6;1-5(2,3)4(6)7/h4-6H2,1-3H3;1-3H3,(H2,6,7)/q+1;/p-1. The molecule has 86 valence electrons. The van der Waals surface area contributed by atoms with Crippen molar-refractivity contribution in [3.63, 3.8) is 0 Å². The Morgan fingerprint density at radius 3 is 1.57 bits per heavy atom. The van der Waals surface area contributed by atoms with Crippen molar-refractivity contribution in [2.24, 2.45) is 11.1 Å². The molecule has 0 amide bonds. The molecule has 14 heavy (non-hydrogen) atoms. The normalized spacial score (nSPS) is 11.6. The smallest absolute Gasteiger partial charge is 0.0905 e. The van der Waals surface area contributed by atoms with Gasteiger partial charge < -0.3 is 20.7 Å². The highest BCUT2D eigenvalue weighted by Gasteiger charge is 2.06. The van der Waals surface area contributed by atoms with E-state index in [9.17, 15) is 5.11 Å². The van der Waals surface area contributed by atoms with Crippen LogP contribution in [0.1, 0.15) is 20.8 Å². The highest BCUT2D eigenvalue weighted by Crippen LogP contribution is 2.09. The number of rotatable bonds is 2. The molecular formula is C10H25N3O. The van der Waals surface area contributed by atoms with Crippen molar-refractivity contribution in [3.05, 3.63) is 0 Å². The predicted molar refractivity (Wildman–Crippen MR) is 59.1 cm³/mol. The Bertz CT molecular complexity index is 165. The third kappa shape index (κ3) is 13.9. The van der Waals surface area contributed by atoms with E-state index >= 15 is 0 Å². The lowest BCUT2D eigenvalue weighted by Crippen LogP contribution is -2.38. The van der Waals surface area contributed by atoms with E-state index < -0.39 is 11.3 Å². The number of nitrogens with two attached hydrogens (primary N) is 1. The van der Waals surface area contributed by atoms with Crippen LogP contribution in [0.5, 0.6) is 0 Å². The SMILES string of the molecule is CC(C)(C)C(=N)[O-].C[N+](C)(C)CCN. The molecule has 0 spiro atoms. The maximum Gasteiger partial charge on any atom is 0.0905 e. The fourth-order valence-corrected chi connectivity index (χ4v) is 0.387. The van der Waals surface area contributed by atoms with Gasteiger partial charge in [0.2, 0.25) is 0 Å². The molecule has 0 aliphatic rings. The summed E-state index contributed by atoms with van der Waals surface area (Å²) in [7, 11) is 6.40. The fourth-order valence-electron chi connectivity index (χ4n) is 0.387. The summed E-state index contributed by atoms with van der Waals surface area (Å²) in [6, 6.07) is 0. The van der Waals surface area contributed by atoms with Crippen molar-refractivity contribution in [2.75, 3.05) is 34.2 Å². The van der Waals surface area contributed by atoms with E-state index in [0.29, 0.717) is 0 Å². The molecule has 0 saturated carbocycles. The molecular weight excluding hydrogens is 178 g/mol. The van der Waals surface area contributed by atoms with Gasteiger partial charge in [0.1, 0.15) is 0 Å². The number of likely N-dealkylation sites (N-methyl/N-ethyl adjacent to an activating group) is 1. The third-order valence-electron chi connectivity index (χ3n) is 1.48. The summed E-state index contributed by atoms with van der Waals surface area (Å²) in [4.78, 5) is 0.